The first kappa shape index (κ1) is 17.8. The molecule has 2 rings (SSSR count). The summed E-state index contributed by atoms with van der Waals surface area (Å²) in [5.74, 6) is 0.0310. The van der Waals surface area contributed by atoms with Crippen molar-refractivity contribution in [2.75, 3.05) is 22.6 Å². The lowest BCUT2D eigenvalue weighted by molar-refractivity contribution is -0.120. The molecule has 1 fully saturated rings. The lowest BCUT2D eigenvalue weighted by atomic mass is 10.0. The average Bonchev–Trinajstić information content (AvgIpc) is 2.71. The Kier molecular flexibility index (Phi) is 5.36. The predicted octanol–water partition coefficient (Wildman–Crippen LogP) is 1.43. The summed E-state index contributed by atoms with van der Waals surface area (Å²) in [7, 11) is -3.04. The van der Waals surface area contributed by atoms with Gasteiger partial charge in [0.05, 0.1) is 22.8 Å². The fourth-order valence-electron chi connectivity index (χ4n) is 2.47. The van der Waals surface area contributed by atoms with E-state index in [1.165, 1.54) is 18.7 Å². The Morgan fingerprint density at radius 1 is 1.26 bits per heavy atom. The molecule has 1 unspecified atom stereocenters. The molecule has 0 aliphatic carbocycles. The van der Waals surface area contributed by atoms with Gasteiger partial charge in [-0.25, -0.2) is 8.42 Å². The van der Waals surface area contributed by atoms with Crippen LogP contribution in [0.5, 0.6) is 0 Å². The van der Waals surface area contributed by atoms with Gasteiger partial charge in [-0.2, -0.15) is 0 Å². The molecule has 0 aromatic heterocycles. The smallest absolute Gasteiger partial charge is 0.230 e. The highest BCUT2D eigenvalue weighted by Gasteiger charge is 2.39. The second-order valence-electron chi connectivity index (χ2n) is 5.95. The maximum atomic E-state index is 12.0. The number of sulfone groups is 1. The van der Waals surface area contributed by atoms with Crippen LogP contribution in [0.4, 0.5) is 5.69 Å². The number of rotatable bonds is 5. The quantitative estimate of drug-likeness (QED) is 0.779. The second-order valence-corrected chi connectivity index (χ2v) is 9.18. The van der Waals surface area contributed by atoms with Crippen LogP contribution in [0, 0.1) is 0 Å². The first-order chi connectivity index (χ1) is 10.7. The summed E-state index contributed by atoms with van der Waals surface area (Å²) in [4.78, 5) is 23.9. The van der Waals surface area contributed by atoms with Gasteiger partial charge in [-0.05, 0) is 37.6 Å². The van der Waals surface area contributed by atoms with Gasteiger partial charge in [0.25, 0.3) is 0 Å². The zero-order chi connectivity index (χ0) is 17.1. The van der Waals surface area contributed by atoms with E-state index >= 15 is 0 Å². The number of thioether (sulfide) groups is 1. The molecule has 126 valence electrons. The minimum Gasteiger partial charge on any atom is -0.349 e. The summed E-state index contributed by atoms with van der Waals surface area (Å²) in [6.07, 6.45) is 0.456. The second kappa shape index (κ2) is 6.92. The Hall–Kier alpha value is -1.54. The summed E-state index contributed by atoms with van der Waals surface area (Å²) in [5, 5.41) is 5.50. The highest BCUT2D eigenvalue weighted by Crippen LogP contribution is 2.24. The van der Waals surface area contributed by atoms with E-state index < -0.39 is 15.4 Å². The summed E-state index contributed by atoms with van der Waals surface area (Å²) in [6, 6.07) is 7.19. The van der Waals surface area contributed by atoms with E-state index in [1.807, 2.05) is 12.1 Å². The van der Waals surface area contributed by atoms with Crippen LogP contribution < -0.4 is 10.6 Å². The lowest BCUT2D eigenvalue weighted by Crippen LogP contribution is -2.47. The molecule has 23 heavy (non-hydrogen) atoms. The van der Waals surface area contributed by atoms with Gasteiger partial charge >= 0.3 is 0 Å². The van der Waals surface area contributed by atoms with E-state index in [4.69, 9.17) is 0 Å². The molecule has 0 saturated carbocycles. The number of carbonyl (C=O) groups is 2. The van der Waals surface area contributed by atoms with E-state index in [-0.39, 0.29) is 29.1 Å². The maximum absolute atomic E-state index is 12.0. The van der Waals surface area contributed by atoms with E-state index in [1.54, 1.807) is 19.1 Å². The molecule has 8 heteroatoms. The highest BCUT2D eigenvalue weighted by atomic mass is 32.2. The summed E-state index contributed by atoms with van der Waals surface area (Å²) < 4.78 is 23.1. The van der Waals surface area contributed by atoms with E-state index in [0.717, 1.165) is 4.90 Å². The number of amides is 2. The number of hydrogen-bond acceptors (Lipinski definition) is 5. The van der Waals surface area contributed by atoms with Crippen LogP contribution in [0.2, 0.25) is 0 Å². The minimum atomic E-state index is -3.04. The third-order valence-corrected chi connectivity index (χ3v) is 6.40. The van der Waals surface area contributed by atoms with Gasteiger partial charge < -0.3 is 10.6 Å². The van der Waals surface area contributed by atoms with Crippen molar-refractivity contribution >= 4 is 39.1 Å². The molecule has 1 aromatic rings. The Morgan fingerprint density at radius 2 is 1.91 bits per heavy atom. The standard InChI is InChI=1S/C15H20N2O4S2/c1-11(18)16-12-3-5-13(6-4-12)22-9-14(19)17-15(2)7-8-23(20,21)10-15/h3-6H,7-10H2,1-2H3,(H,16,18)(H,17,19). The molecule has 1 saturated heterocycles. The molecular weight excluding hydrogens is 336 g/mol. The third kappa shape index (κ3) is 5.54. The van der Waals surface area contributed by atoms with Gasteiger partial charge in [-0.3, -0.25) is 9.59 Å². The minimum absolute atomic E-state index is 0.00180. The molecule has 1 atom stereocenters. The monoisotopic (exact) mass is 356 g/mol. The molecule has 0 radical (unpaired) electrons. The molecular formula is C15H20N2O4S2. The van der Waals surface area contributed by atoms with E-state index in [2.05, 4.69) is 10.6 Å². The summed E-state index contributed by atoms with van der Waals surface area (Å²) in [5.41, 5.74) is 0.0427. The topological polar surface area (TPSA) is 92.3 Å². The normalized spacial score (nSPS) is 22.5. The van der Waals surface area contributed by atoms with Crippen LogP contribution in [-0.4, -0.2) is 43.0 Å². The van der Waals surface area contributed by atoms with Crippen LogP contribution in [-0.2, 0) is 19.4 Å². The van der Waals surface area contributed by atoms with E-state index in [9.17, 15) is 18.0 Å². The molecule has 1 aliphatic heterocycles. The van der Waals surface area contributed by atoms with Crippen LogP contribution in [0.25, 0.3) is 0 Å². The largest absolute Gasteiger partial charge is 0.349 e. The molecule has 2 N–H and O–H groups in total. The Morgan fingerprint density at radius 3 is 2.43 bits per heavy atom. The van der Waals surface area contributed by atoms with Crippen molar-refractivity contribution in [2.24, 2.45) is 0 Å². The molecule has 1 aliphatic rings. The number of nitrogens with one attached hydrogen (secondary N) is 2. The molecule has 0 spiro atoms. The van der Waals surface area contributed by atoms with Gasteiger partial charge in [0.1, 0.15) is 0 Å². The first-order valence-electron chi connectivity index (χ1n) is 7.19. The van der Waals surface area contributed by atoms with Crippen molar-refractivity contribution in [1.29, 1.82) is 0 Å². The molecule has 6 nitrogen and oxygen atoms in total. The highest BCUT2D eigenvalue weighted by molar-refractivity contribution is 8.00. The van der Waals surface area contributed by atoms with Gasteiger partial charge in [0, 0.05) is 17.5 Å². The maximum Gasteiger partial charge on any atom is 0.230 e. The first-order valence-corrected chi connectivity index (χ1v) is 10.0. The van der Waals surface area contributed by atoms with Gasteiger partial charge in [-0.1, -0.05) is 0 Å². The van der Waals surface area contributed by atoms with Crippen molar-refractivity contribution in [3.05, 3.63) is 24.3 Å². The number of anilines is 1. The lowest BCUT2D eigenvalue weighted by Gasteiger charge is -2.23. The van der Waals surface area contributed by atoms with Gasteiger partial charge in [-0.15, -0.1) is 11.8 Å². The third-order valence-electron chi connectivity index (χ3n) is 3.49. The number of hydrogen-bond donors (Lipinski definition) is 2. The van der Waals surface area contributed by atoms with Gasteiger partial charge in [0.15, 0.2) is 9.84 Å². The Bertz CT molecular complexity index is 701. The van der Waals surface area contributed by atoms with E-state index in [0.29, 0.717) is 12.1 Å². The molecule has 2 amide bonds. The molecule has 0 bridgehead atoms. The predicted molar refractivity (Wildman–Crippen MR) is 91.3 cm³/mol. The average molecular weight is 356 g/mol. The fraction of sp³-hybridized carbons (Fsp3) is 0.467. The molecule has 1 aromatic carbocycles. The zero-order valence-corrected chi connectivity index (χ0v) is 14.7. The van der Waals surface area contributed by atoms with Gasteiger partial charge in [0.2, 0.25) is 11.8 Å². The number of benzene rings is 1. The van der Waals surface area contributed by atoms with Crippen LogP contribution >= 0.6 is 11.8 Å². The van der Waals surface area contributed by atoms with Crippen molar-refractivity contribution in [1.82, 2.24) is 5.32 Å². The zero-order valence-electron chi connectivity index (χ0n) is 13.1. The van der Waals surface area contributed by atoms with Crippen LogP contribution in [0.15, 0.2) is 29.2 Å². The van der Waals surface area contributed by atoms with Crippen LogP contribution in [0.1, 0.15) is 20.3 Å². The Labute approximate surface area is 140 Å². The summed E-state index contributed by atoms with van der Waals surface area (Å²) >= 11 is 1.36. The fourth-order valence-corrected chi connectivity index (χ4v) is 5.26. The van der Waals surface area contributed by atoms with Crippen molar-refractivity contribution in [3.63, 3.8) is 0 Å². The van der Waals surface area contributed by atoms with Crippen molar-refractivity contribution in [2.45, 2.75) is 30.7 Å². The van der Waals surface area contributed by atoms with Crippen molar-refractivity contribution < 1.29 is 18.0 Å². The Balaban J connectivity index is 1.84. The van der Waals surface area contributed by atoms with Crippen molar-refractivity contribution in [3.8, 4) is 0 Å². The number of carbonyl (C=O) groups excluding carboxylic acids is 2. The SMILES string of the molecule is CC(=O)Nc1ccc(SCC(=O)NC2(C)CCS(=O)(=O)C2)cc1. The molecule has 1 heterocycles. The summed E-state index contributed by atoms with van der Waals surface area (Å²) in [6.45, 7) is 3.21. The van der Waals surface area contributed by atoms with Crippen LogP contribution in [0.3, 0.4) is 0 Å².